The number of benzene rings is 1. The summed E-state index contributed by atoms with van der Waals surface area (Å²) in [5.74, 6) is 1.15. The molecule has 24 heavy (non-hydrogen) atoms. The van der Waals surface area contributed by atoms with Crippen molar-refractivity contribution in [2.45, 2.75) is 39.4 Å². The number of aromatic nitrogens is 4. The van der Waals surface area contributed by atoms with E-state index in [1.54, 1.807) is 0 Å². The Bertz CT molecular complexity index is 879. The minimum Gasteiger partial charge on any atom is -0.337 e. The Morgan fingerprint density at radius 2 is 2.12 bits per heavy atom. The maximum absolute atomic E-state index is 12.7. The fourth-order valence-electron chi connectivity index (χ4n) is 3.44. The molecule has 0 fully saturated rings. The van der Waals surface area contributed by atoms with Crippen molar-refractivity contribution in [3.63, 3.8) is 0 Å². The average molecular weight is 323 g/mol. The molecule has 3 heterocycles. The highest BCUT2D eigenvalue weighted by atomic mass is 16.2. The summed E-state index contributed by atoms with van der Waals surface area (Å²) in [6.07, 6.45) is 5.18. The molecule has 6 heteroatoms. The van der Waals surface area contributed by atoms with E-state index in [9.17, 15) is 4.79 Å². The monoisotopic (exact) mass is 323 g/mol. The van der Waals surface area contributed by atoms with Crippen molar-refractivity contribution >= 4 is 16.9 Å². The van der Waals surface area contributed by atoms with Gasteiger partial charge in [0.05, 0.1) is 29.6 Å². The van der Waals surface area contributed by atoms with Gasteiger partial charge >= 0.3 is 0 Å². The Labute approximate surface area is 140 Å². The van der Waals surface area contributed by atoms with Crippen LogP contribution in [0.5, 0.6) is 0 Å². The van der Waals surface area contributed by atoms with E-state index in [4.69, 9.17) is 0 Å². The average Bonchev–Trinajstić information content (AvgIpc) is 3.09. The summed E-state index contributed by atoms with van der Waals surface area (Å²) in [4.78, 5) is 23.4. The van der Waals surface area contributed by atoms with Crippen LogP contribution >= 0.6 is 0 Å². The van der Waals surface area contributed by atoms with Gasteiger partial charge in [0, 0.05) is 32.3 Å². The molecule has 0 N–H and O–H groups in total. The molecule has 0 saturated carbocycles. The number of imidazole rings is 2. The van der Waals surface area contributed by atoms with Crippen molar-refractivity contribution < 1.29 is 4.79 Å². The number of amides is 1. The summed E-state index contributed by atoms with van der Waals surface area (Å²) < 4.78 is 4.27. The highest BCUT2D eigenvalue weighted by Crippen LogP contribution is 2.17. The van der Waals surface area contributed by atoms with E-state index in [0.717, 1.165) is 42.1 Å². The molecule has 4 rings (SSSR count). The van der Waals surface area contributed by atoms with Crippen molar-refractivity contribution in [1.29, 1.82) is 0 Å². The Kier molecular flexibility index (Phi) is 3.80. The molecule has 1 aliphatic rings. The molecule has 2 aromatic heterocycles. The first kappa shape index (κ1) is 14.9. The van der Waals surface area contributed by atoms with Crippen molar-refractivity contribution in [3.8, 4) is 0 Å². The number of aryl methyl sites for hydroxylation is 3. The SMILES string of the molecule is Cc1nc2ccccc2n1CCC(=O)N1CCCn2cncc2C1. The highest BCUT2D eigenvalue weighted by molar-refractivity contribution is 5.78. The number of hydrogen-bond donors (Lipinski definition) is 0. The molecular weight excluding hydrogens is 302 g/mol. The van der Waals surface area contributed by atoms with Crippen LogP contribution in [0.1, 0.15) is 24.4 Å². The third kappa shape index (κ3) is 2.68. The summed E-state index contributed by atoms with van der Waals surface area (Å²) in [5.41, 5.74) is 3.20. The van der Waals surface area contributed by atoms with Gasteiger partial charge in [-0.3, -0.25) is 4.79 Å². The fourth-order valence-corrected chi connectivity index (χ4v) is 3.44. The second-order valence-corrected chi connectivity index (χ2v) is 6.30. The zero-order valence-corrected chi connectivity index (χ0v) is 13.9. The molecule has 0 radical (unpaired) electrons. The van der Waals surface area contributed by atoms with E-state index in [2.05, 4.69) is 25.2 Å². The van der Waals surface area contributed by atoms with Crippen LogP contribution < -0.4 is 0 Å². The first-order valence-electron chi connectivity index (χ1n) is 8.41. The van der Waals surface area contributed by atoms with Gasteiger partial charge < -0.3 is 14.0 Å². The second-order valence-electron chi connectivity index (χ2n) is 6.30. The van der Waals surface area contributed by atoms with Crippen LogP contribution in [0.4, 0.5) is 0 Å². The van der Waals surface area contributed by atoms with Gasteiger partial charge in [-0.25, -0.2) is 9.97 Å². The lowest BCUT2D eigenvalue weighted by molar-refractivity contribution is -0.132. The summed E-state index contributed by atoms with van der Waals surface area (Å²) in [7, 11) is 0. The quantitative estimate of drug-likeness (QED) is 0.743. The lowest BCUT2D eigenvalue weighted by Gasteiger charge is -2.20. The molecule has 0 atom stereocenters. The van der Waals surface area contributed by atoms with Crippen LogP contribution in [0.15, 0.2) is 36.8 Å². The minimum absolute atomic E-state index is 0.196. The third-order valence-electron chi connectivity index (χ3n) is 4.73. The van der Waals surface area contributed by atoms with Gasteiger partial charge in [0.25, 0.3) is 0 Å². The number of carbonyl (C=O) groups excluding carboxylic acids is 1. The van der Waals surface area contributed by atoms with Gasteiger partial charge in [0.15, 0.2) is 0 Å². The number of rotatable bonds is 3. The molecule has 3 aromatic rings. The number of hydrogen-bond acceptors (Lipinski definition) is 3. The van der Waals surface area contributed by atoms with Crippen LogP contribution in [0.2, 0.25) is 0 Å². The van der Waals surface area contributed by atoms with Crippen LogP contribution in [-0.2, 0) is 24.4 Å². The van der Waals surface area contributed by atoms with E-state index in [1.807, 2.05) is 42.5 Å². The molecule has 0 aliphatic carbocycles. The molecule has 0 bridgehead atoms. The second kappa shape index (κ2) is 6.11. The normalized spacial score (nSPS) is 14.6. The standard InChI is InChI=1S/C18H21N5O/c1-14-20-16-5-2-3-6-17(16)23(14)10-7-18(24)21-8-4-9-22-13-19-11-15(22)12-21/h2-3,5-6,11,13H,4,7-10,12H2,1H3. The fraction of sp³-hybridized carbons (Fsp3) is 0.389. The first-order chi connectivity index (χ1) is 11.7. The van der Waals surface area contributed by atoms with Crippen molar-refractivity contribution in [2.75, 3.05) is 6.54 Å². The largest absolute Gasteiger partial charge is 0.337 e. The molecule has 0 spiro atoms. The van der Waals surface area contributed by atoms with Crippen molar-refractivity contribution in [3.05, 3.63) is 48.3 Å². The Morgan fingerprint density at radius 1 is 1.25 bits per heavy atom. The van der Waals surface area contributed by atoms with Gasteiger partial charge in [0.1, 0.15) is 5.82 Å². The van der Waals surface area contributed by atoms with Gasteiger partial charge in [0.2, 0.25) is 5.91 Å². The van der Waals surface area contributed by atoms with E-state index in [-0.39, 0.29) is 5.91 Å². The molecule has 1 amide bonds. The molecule has 1 aromatic carbocycles. The Balaban J connectivity index is 1.47. The zero-order chi connectivity index (χ0) is 16.5. The van der Waals surface area contributed by atoms with E-state index in [0.29, 0.717) is 19.5 Å². The maximum atomic E-state index is 12.7. The molecule has 6 nitrogen and oxygen atoms in total. The predicted molar refractivity (Wildman–Crippen MR) is 91.3 cm³/mol. The van der Waals surface area contributed by atoms with E-state index >= 15 is 0 Å². The first-order valence-corrected chi connectivity index (χ1v) is 8.41. The number of nitrogens with zero attached hydrogens (tertiary/aromatic N) is 5. The van der Waals surface area contributed by atoms with Gasteiger partial charge in [-0.05, 0) is 25.5 Å². The topological polar surface area (TPSA) is 56.0 Å². The van der Waals surface area contributed by atoms with Crippen LogP contribution in [0.3, 0.4) is 0 Å². The number of fused-ring (bicyclic) bond motifs is 2. The van der Waals surface area contributed by atoms with Crippen LogP contribution in [0, 0.1) is 6.92 Å². The highest BCUT2D eigenvalue weighted by Gasteiger charge is 2.19. The number of para-hydroxylation sites is 2. The summed E-state index contributed by atoms with van der Waals surface area (Å²) in [5, 5.41) is 0. The van der Waals surface area contributed by atoms with E-state index in [1.165, 1.54) is 0 Å². The lowest BCUT2D eigenvalue weighted by atomic mass is 10.3. The predicted octanol–water partition coefficient (Wildman–Crippen LogP) is 2.36. The number of carbonyl (C=O) groups is 1. The zero-order valence-electron chi connectivity index (χ0n) is 13.9. The van der Waals surface area contributed by atoms with Crippen molar-refractivity contribution in [1.82, 2.24) is 24.0 Å². The Hall–Kier alpha value is -2.63. The molecular formula is C18H21N5O. The molecule has 124 valence electrons. The molecule has 0 unspecified atom stereocenters. The van der Waals surface area contributed by atoms with Gasteiger partial charge in [-0.2, -0.15) is 0 Å². The summed E-state index contributed by atoms with van der Waals surface area (Å²) in [6, 6.07) is 8.07. The van der Waals surface area contributed by atoms with E-state index < -0.39 is 0 Å². The minimum atomic E-state index is 0.196. The molecule has 0 saturated heterocycles. The third-order valence-corrected chi connectivity index (χ3v) is 4.73. The van der Waals surface area contributed by atoms with Crippen LogP contribution in [0.25, 0.3) is 11.0 Å². The molecule has 1 aliphatic heterocycles. The lowest BCUT2D eigenvalue weighted by Crippen LogP contribution is -2.31. The maximum Gasteiger partial charge on any atom is 0.224 e. The van der Waals surface area contributed by atoms with Gasteiger partial charge in [-0.15, -0.1) is 0 Å². The smallest absolute Gasteiger partial charge is 0.224 e. The summed E-state index contributed by atoms with van der Waals surface area (Å²) >= 11 is 0. The van der Waals surface area contributed by atoms with Gasteiger partial charge in [-0.1, -0.05) is 12.1 Å². The van der Waals surface area contributed by atoms with Crippen LogP contribution in [-0.4, -0.2) is 36.5 Å². The van der Waals surface area contributed by atoms with Crippen molar-refractivity contribution in [2.24, 2.45) is 0 Å². The summed E-state index contributed by atoms with van der Waals surface area (Å²) in [6.45, 7) is 5.06. The Morgan fingerprint density at radius 3 is 3.04 bits per heavy atom.